The summed E-state index contributed by atoms with van der Waals surface area (Å²) >= 11 is 3.26. The van der Waals surface area contributed by atoms with E-state index in [0.717, 1.165) is 23.3 Å². The Morgan fingerprint density at radius 1 is 1.53 bits per heavy atom. The van der Waals surface area contributed by atoms with E-state index in [4.69, 9.17) is 4.74 Å². The highest BCUT2D eigenvalue weighted by atomic mass is 32.2. The molecule has 1 rings (SSSR count). The maximum atomic E-state index is 5.07. The fraction of sp³-hybridized carbons (Fsp3) is 0.778. The van der Waals surface area contributed by atoms with Crippen LogP contribution in [0.2, 0.25) is 0 Å². The largest absolute Gasteiger partial charge is 0.384 e. The van der Waals surface area contributed by atoms with Gasteiger partial charge in [-0.2, -0.15) is 4.37 Å². The summed E-state index contributed by atoms with van der Waals surface area (Å²) in [6.45, 7) is 2.92. The molecule has 0 aliphatic heterocycles. The molecule has 6 heteroatoms. The van der Waals surface area contributed by atoms with E-state index < -0.39 is 0 Å². The number of rotatable bonds is 6. The van der Waals surface area contributed by atoms with Crippen molar-refractivity contribution in [3.05, 3.63) is 5.82 Å². The lowest BCUT2D eigenvalue weighted by molar-refractivity contribution is 0.203. The Morgan fingerprint density at radius 2 is 2.27 bits per heavy atom. The zero-order chi connectivity index (χ0) is 11.3. The molecule has 1 aromatic heterocycles. The van der Waals surface area contributed by atoms with Gasteiger partial charge < -0.3 is 9.64 Å². The van der Waals surface area contributed by atoms with E-state index in [-0.39, 0.29) is 0 Å². The predicted molar refractivity (Wildman–Crippen MR) is 66.9 cm³/mol. The van der Waals surface area contributed by atoms with Crippen molar-refractivity contribution in [3.63, 3.8) is 0 Å². The van der Waals surface area contributed by atoms with E-state index >= 15 is 0 Å². The first-order valence-electron chi connectivity index (χ1n) is 4.74. The second-order valence-corrected chi connectivity index (χ2v) is 5.62. The Hall–Kier alpha value is -0.330. The summed E-state index contributed by atoms with van der Waals surface area (Å²) in [6, 6.07) is 0. The van der Waals surface area contributed by atoms with E-state index in [9.17, 15) is 0 Å². The molecule has 1 atom stereocenters. The molecule has 86 valence electrons. The maximum absolute atomic E-state index is 5.07. The van der Waals surface area contributed by atoms with Crippen molar-refractivity contribution in [2.75, 3.05) is 32.7 Å². The molecule has 0 aromatic carbocycles. The van der Waals surface area contributed by atoms with Crippen LogP contribution in [0.5, 0.6) is 0 Å². The van der Waals surface area contributed by atoms with Gasteiger partial charge in [0.05, 0.1) is 12.4 Å². The van der Waals surface area contributed by atoms with Crippen LogP contribution in [0.1, 0.15) is 12.7 Å². The molecule has 0 saturated carbocycles. The number of anilines is 1. The lowest BCUT2D eigenvalue weighted by Crippen LogP contribution is -2.08. The Labute approximate surface area is 99.2 Å². The van der Waals surface area contributed by atoms with Crippen molar-refractivity contribution in [2.45, 2.75) is 17.9 Å². The molecule has 0 amide bonds. The lowest BCUT2D eigenvalue weighted by atomic mass is 10.5. The lowest BCUT2D eigenvalue weighted by Gasteiger charge is -2.07. The van der Waals surface area contributed by atoms with Gasteiger partial charge in [0, 0.05) is 38.0 Å². The first kappa shape index (κ1) is 12.7. The monoisotopic (exact) mass is 247 g/mol. The second kappa shape index (κ2) is 6.30. The number of ether oxygens (including phenoxy) is 1. The van der Waals surface area contributed by atoms with E-state index in [2.05, 4.69) is 16.3 Å². The summed E-state index contributed by atoms with van der Waals surface area (Å²) in [7, 11) is 5.68. The highest BCUT2D eigenvalue weighted by molar-refractivity contribution is 7.99. The zero-order valence-electron chi connectivity index (χ0n) is 9.56. The van der Waals surface area contributed by atoms with Crippen LogP contribution in [0.25, 0.3) is 0 Å². The van der Waals surface area contributed by atoms with Crippen molar-refractivity contribution in [1.82, 2.24) is 9.36 Å². The summed E-state index contributed by atoms with van der Waals surface area (Å²) < 4.78 is 9.36. The number of aromatic nitrogens is 2. The number of thioether (sulfide) groups is 1. The van der Waals surface area contributed by atoms with Crippen molar-refractivity contribution < 1.29 is 4.74 Å². The fourth-order valence-corrected chi connectivity index (χ4v) is 2.46. The molecular formula is C9H17N3OS2. The third kappa shape index (κ3) is 4.36. The quantitative estimate of drug-likeness (QED) is 0.767. The molecule has 1 heterocycles. The minimum atomic E-state index is 0.487. The second-order valence-electron chi connectivity index (χ2n) is 3.46. The van der Waals surface area contributed by atoms with Gasteiger partial charge in [0.25, 0.3) is 0 Å². The summed E-state index contributed by atoms with van der Waals surface area (Å²) in [4.78, 5) is 6.39. The smallest absolute Gasteiger partial charge is 0.204 e. The van der Waals surface area contributed by atoms with Crippen LogP contribution < -0.4 is 4.90 Å². The van der Waals surface area contributed by atoms with Gasteiger partial charge in [-0.3, -0.25) is 0 Å². The van der Waals surface area contributed by atoms with Gasteiger partial charge >= 0.3 is 0 Å². The molecule has 0 bridgehead atoms. The molecule has 0 saturated heterocycles. The van der Waals surface area contributed by atoms with Gasteiger partial charge in [-0.25, -0.2) is 4.98 Å². The number of methoxy groups -OCH3 is 1. The standard InChI is InChI=1S/C9H17N3OS2/c1-7(5-13-4)14-6-8-10-9(12(2)3)15-11-8/h7H,5-6H2,1-4H3. The van der Waals surface area contributed by atoms with Crippen molar-refractivity contribution in [3.8, 4) is 0 Å². The first-order chi connectivity index (χ1) is 7.13. The molecule has 1 unspecified atom stereocenters. The molecule has 0 aliphatic carbocycles. The van der Waals surface area contributed by atoms with Crippen LogP contribution >= 0.6 is 23.3 Å². The highest BCUT2D eigenvalue weighted by Gasteiger charge is 2.08. The minimum Gasteiger partial charge on any atom is -0.384 e. The molecule has 1 aromatic rings. The Morgan fingerprint density at radius 3 is 2.80 bits per heavy atom. The minimum absolute atomic E-state index is 0.487. The highest BCUT2D eigenvalue weighted by Crippen LogP contribution is 2.20. The normalized spacial score (nSPS) is 12.8. The number of hydrogen-bond donors (Lipinski definition) is 0. The number of nitrogens with zero attached hydrogens (tertiary/aromatic N) is 3. The Bertz CT molecular complexity index is 291. The van der Waals surface area contributed by atoms with Crippen molar-refractivity contribution in [2.24, 2.45) is 0 Å². The van der Waals surface area contributed by atoms with E-state index in [1.807, 2.05) is 30.8 Å². The van der Waals surface area contributed by atoms with Gasteiger partial charge in [0.15, 0.2) is 5.82 Å². The zero-order valence-corrected chi connectivity index (χ0v) is 11.2. The van der Waals surface area contributed by atoms with Crippen LogP contribution in [0.3, 0.4) is 0 Å². The average Bonchev–Trinajstić information content (AvgIpc) is 2.63. The molecule has 15 heavy (non-hydrogen) atoms. The molecule has 0 fully saturated rings. The van der Waals surface area contributed by atoms with Crippen LogP contribution in [0.4, 0.5) is 5.13 Å². The molecule has 0 radical (unpaired) electrons. The Balaban J connectivity index is 2.37. The predicted octanol–water partition coefficient (Wildman–Crippen LogP) is 1.87. The Kier molecular flexibility index (Phi) is 5.35. The van der Waals surface area contributed by atoms with Gasteiger partial charge in [0.2, 0.25) is 5.13 Å². The third-order valence-corrected chi connectivity index (χ3v) is 3.79. The van der Waals surface area contributed by atoms with E-state index in [0.29, 0.717) is 5.25 Å². The van der Waals surface area contributed by atoms with Gasteiger partial charge in [-0.1, -0.05) is 6.92 Å². The summed E-state index contributed by atoms with van der Waals surface area (Å²) in [5.74, 6) is 1.77. The average molecular weight is 247 g/mol. The molecular weight excluding hydrogens is 230 g/mol. The summed E-state index contributed by atoms with van der Waals surface area (Å²) in [6.07, 6.45) is 0. The number of hydrogen-bond acceptors (Lipinski definition) is 6. The van der Waals surface area contributed by atoms with Crippen LogP contribution in [-0.4, -0.2) is 42.4 Å². The van der Waals surface area contributed by atoms with Gasteiger partial charge in [-0.05, 0) is 0 Å². The molecule has 0 N–H and O–H groups in total. The molecule has 0 aliphatic rings. The van der Waals surface area contributed by atoms with Crippen molar-refractivity contribution >= 4 is 28.4 Å². The first-order valence-corrected chi connectivity index (χ1v) is 6.56. The SMILES string of the molecule is COCC(C)SCc1nsc(N(C)C)n1. The summed E-state index contributed by atoms with van der Waals surface area (Å²) in [5.41, 5.74) is 0. The van der Waals surface area contributed by atoms with Crippen molar-refractivity contribution in [1.29, 1.82) is 0 Å². The third-order valence-electron chi connectivity index (χ3n) is 1.74. The van der Waals surface area contributed by atoms with E-state index in [1.165, 1.54) is 11.5 Å². The van der Waals surface area contributed by atoms with Crippen LogP contribution in [0.15, 0.2) is 0 Å². The van der Waals surface area contributed by atoms with Crippen LogP contribution in [0, 0.1) is 0 Å². The molecule has 0 spiro atoms. The maximum Gasteiger partial charge on any atom is 0.204 e. The van der Waals surface area contributed by atoms with Gasteiger partial charge in [0.1, 0.15) is 0 Å². The van der Waals surface area contributed by atoms with Gasteiger partial charge in [-0.15, -0.1) is 11.8 Å². The van der Waals surface area contributed by atoms with E-state index in [1.54, 1.807) is 7.11 Å². The summed E-state index contributed by atoms with van der Waals surface area (Å²) in [5, 5.41) is 1.45. The van der Waals surface area contributed by atoms with Crippen LogP contribution in [-0.2, 0) is 10.5 Å². The fourth-order valence-electron chi connectivity index (χ4n) is 0.985. The topological polar surface area (TPSA) is 38.2 Å². The molecule has 4 nitrogen and oxygen atoms in total.